The van der Waals surface area contributed by atoms with Crippen LogP contribution < -0.4 is 42.6 Å². The van der Waals surface area contributed by atoms with E-state index in [1.807, 2.05) is 78.9 Å². The molecule has 2 aliphatic carbocycles. The molecule has 26 nitrogen and oxygen atoms in total. The van der Waals surface area contributed by atoms with Crippen molar-refractivity contribution in [2.24, 2.45) is 0 Å². The van der Waals surface area contributed by atoms with Crippen LogP contribution in [0, 0.1) is 5.82 Å². The number of aliphatic carboxylic acids is 6. The van der Waals surface area contributed by atoms with Crippen molar-refractivity contribution in [2.45, 2.75) is 129 Å². The molecule has 756 valence electrons. The fourth-order valence-corrected chi connectivity index (χ4v) is 22.4. The number of halogens is 11. The van der Waals surface area contributed by atoms with Gasteiger partial charge in [0, 0.05) is 71.0 Å². The summed E-state index contributed by atoms with van der Waals surface area (Å²) in [6.07, 6.45) is 9.09. The minimum atomic E-state index is -1.07. The van der Waals surface area contributed by atoms with Crippen molar-refractivity contribution in [1.29, 1.82) is 0 Å². The van der Waals surface area contributed by atoms with Gasteiger partial charge >= 0.3 is 35.8 Å². The molecule has 0 bridgehead atoms. The highest BCUT2D eigenvalue weighted by molar-refractivity contribution is 9.11. The molecule has 6 heterocycles. The number of carbonyl (C=O) groups is 6. The van der Waals surface area contributed by atoms with Gasteiger partial charge < -0.3 is 68.1 Å². The number of methoxy groups -OCH3 is 1. The lowest BCUT2D eigenvalue weighted by atomic mass is 9.82. The third-order valence-corrected chi connectivity index (χ3v) is 31.9. The van der Waals surface area contributed by atoms with Gasteiger partial charge in [0.1, 0.15) is 45.1 Å². The van der Waals surface area contributed by atoms with Crippen molar-refractivity contribution in [1.82, 2.24) is 27.4 Å². The standard InChI is InChI=1S/C21H13BrClNO3.C21H19Cl2NO3.C19H16BrClN2O3.C19H17BrClNO3.C16H12ClNO4.C15H9BrFNO3/c22-19-16(23)9-8-15-20(19)24(11-18(25)26)17-10-13(6-7-14(17)21(15)27)12-4-2-1-3-5-12;22-15-10-9-14-20(19(15)23)24(11-17(25)26)16-8-4-7-13(18(16)21(14)27)12-5-2-1-3-6-12;20-17-14(21)7-6-13-18(17)23(9-16(24)25)15-8-11(22-10-2-1-3-10)4-5-12(15)19(13)26;1-19(2,3)10-4-5-11-14(8-10)22(9-15(23)24)17-12(18(11)25)6-7-13(21)16(17)20;1-22-16-11(17)7-6-10-14(16)18(8-13(19)20)12-5-3-2-4-9(12)15(10)21;16-13-10(17)6-5-9-14(13)18(7-12(19)20)11-4-2-1-3-8(11)15(9)21/h1-10H,11H2,(H,25,26);4,7-10,12H,1-3,5-6,11H2,(H,25,26);4-8,10,22H,1-3,9H2,(H,24,25);4-8H,9H2,1-3H3,(H,23,24);2-7H,8H2,1H3,(H,19,20);1-6H,7H2,(H,19,20). The van der Waals surface area contributed by atoms with E-state index >= 15 is 0 Å². The first kappa shape index (κ1) is 107. The van der Waals surface area contributed by atoms with Gasteiger partial charge in [-0.2, -0.15) is 0 Å². The molecule has 0 amide bonds. The molecule has 0 atom stereocenters. The van der Waals surface area contributed by atoms with Crippen LogP contribution in [0.1, 0.15) is 89.2 Å². The van der Waals surface area contributed by atoms with E-state index < -0.39 is 41.6 Å². The minimum Gasteiger partial charge on any atom is -0.493 e. The van der Waals surface area contributed by atoms with Crippen LogP contribution in [0.25, 0.3) is 142 Å². The van der Waals surface area contributed by atoms with Crippen LogP contribution in [-0.2, 0) is 73.5 Å². The van der Waals surface area contributed by atoms with E-state index in [0.717, 1.165) is 66.5 Å². The van der Waals surface area contributed by atoms with Gasteiger partial charge in [-0.05, 0) is 275 Å². The SMILES string of the molecule is CC(C)(C)c1ccc2c(=O)c3ccc(Cl)c(Br)c3n(CC(=O)O)c2c1.COc1c(Cl)ccc2c(=O)c3ccccc3n(CC(=O)O)c12.O=C(O)Cn1c2cc(-c3ccccc3)ccc2c(=O)c2ccc(Cl)c(Br)c21.O=C(O)Cn1c2cc(NC3CCC3)ccc2c(=O)c2ccc(Cl)c(Br)c21.O=C(O)Cn1c2cccc(C3CCCCC3)c2c(=O)c2ccc(Cl)c(Cl)c21.O=C(O)Cn1c2ccccc2c(=O)c2ccc(F)c(Br)c21. The van der Waals surface area contributed by atoms with Gasteiger partial charge in [-0.25, -0.2) is 4.39 Å². The number of hydrogen-bond acceptors (Lipinski definition) is 14. The van der Waals surface area contributed by atoms with Crippen LogP contribution in [0.4, 0.5) is 10.1 Å². The van der Waals surface area contributed by atoms with E-state index in [0.29, 0.717) is 176 Å². The molecule has 13 aromatic carbocycles. The van der Waals surface area contributed by atoms with Crippen molar-refractivity contribution in [2.75, 3.05) is 12.4 Å². The molecule has 2 fully saturated rings. The maximum atomic E-state index is 13.8. The number of nitrogens with one attached hydrogen (secondary N) is 1. The molecule has 0 unspecified atom stereocenters. The zero-order chi connectivity index (χ0) is 106. The van der Waals surface area contributed by atoms with Crippen molar-refractivity contribution >= 4 is 306 Å². The van der Waals surface area contributed by atoms with E-state index in [1.54, 1.807) is 156 Å². The first-order valence-electron chi connectivity index (χ1n) is 46.1. The first-order valence-corrected chi connectivity index (χ1v) is 51.6. The summed E-state index contributed by atoms with van der Waals surface area (Å²) in [6.45, 7) is 4.45. The smallest absolute Gasteiger partial charge is 0.323 e. The molecule has 21 rings (SSSR count). The van der Waals surface area contributed by atoms with E-state index in [1.165, 1.54) is 36.7 Å². The zero-order valence-corrected chi connectivity index (χ0v) is 89.6. The van der Waals surface area contributed by atoms with Crippen LogP contribution in [-0.4, -0.2) is 107 Å². The lowest BCUT2D eigenvalue weighted by Gasteiger charge is -2.27. The first-order chi connectivity index (χ1) is 70.6. The number of benzene rings is 13. The number of pyridine rings is 6. The van der Waals surface area contributed by atoms with Gasteiger partial charge in [-0.1, -0.05) is 189 Å². The fraction of sp³-hybridized carbons (Fsp3) is 0.189. The van der Waals surface area contributed by atoms with Crippen LogP contribution in [0.2, 0.25) is 30.1 Å². The second kappa shape index (κ2) is 45.0. The molecule has 2 aliphatic rings. The van der Waals surface area contributed by atoms with E-state index in [4.69, 9.17) is 79.4 Å². The number of carboxylic acid groups (broad SMARTS) is 6. The van der Waals surface area contributed by atoms with E-state index in [-0.39, 0.29) is 97.7 Å². The molecule has 0 saturated heterocycles. The minimum absolute atomic E-state index is 0.0871. The van der Waals surface area contributed by atoms with Crippen LogP contribution in [0.5, 0.6) is 5.75 Å². The van der Waals surface area contributed by atoms with Gasteiger partial charge in [0.05, 0.1) is 127 Å². The average molecular weight is 2370 g/mol. The third-order valence-electron chi connectivity index (χ3n) is 26.0. The quantitative estimate of drug-likeness (QED) is 0.0416. The molecule has 37 heteroatoms. The number of anilines is 1. The lowest BCUT2D eigenvalue weighted by molar-refractivity contribution is -0.138. The molecule has 148 heavy (non-hydrogen) atoms. The molecule has 2 saturated carbocycles. The largest absolute Gasteiger partial charge is 0.493 e. The second-order valence-electron chi connectivity index (χ2n) is 36.3. The Balaban J connectivity index is 0.000000127. The van der Waals surface area contributed by atoms with Crippen molar-refractivity contribution < 1.29 is 68.5 Å². The Hall–Kier alpha value is -13.3. The number of rotatable bonds is 17. The summed E-state index contributed by atoms with van der Waals surface area (Å²) in [4.78, 5) is 146. The maximum Gasteiger partial charge on any atom is 0.323 e. The maximum absolute atomic E-state index is 13.8. The topological polar surface area (TPSA) is 377 Å². The molecular weight excluding hydrogens is 2290 g/mol. The van der Waals surface area contributed by atoms with E-state index in [2.05, 4.69) is 89.8 Å². The monoisotopic (exact) mass is 2370 g/mol. The van der Waals surface area contributed by atoms with Crippen LogP contribution in [0.3, 0.4) is 0 Å². The summed E-state index contributed by atoms with van der Waals surface area (Å²) in [5.41, 5.74) is 9.55. The average Bonchev–Trinajstić information content (AvgIpc) is 0.730. The van der Waals surface area contributed by atoms with Crippen LogP contribution in [0.15, 0.2) is 271 Å². The predicted molar refractivity (Wildman–Crippen MR) is 599 cm³/mol. The molecule has 6 aromatic heterocycles. The predicted octanol–water partition coefficient (Wildman–Crippen LogP) is 26.5. The van der Waals surface area contributed by atoms with Gasteiger partial charge in [0.2, 0.25) is 0 Å². The van der Waals surface area contributed by atoms with Gasteiger partial charge in [0.25, 0.3) is 0 Å². The number of para-hydroxylation sites is 2. The highest BCUT2D eigenvalue weighted by atomic mass is 79.9. The number of hydrogen-bond donors (Lipinski definition) is 7. The van der Waals surface area contributed by atoms with Crippen molar-refractivity contribution in [3.05, 3.63) is 351 Å². The van der Waals surface area contributed by atoms with Crippen LogP contribution >= 0.6 is 133 Å². The van der Waals surface area contributed by atoms with Crippen molar-refractivity contribution in [3.63, 3.8) is 0 Å². The Labute approximate surface area is 902 Å². The Morgan fingerprint density at radius 3 is 1.15 bits per heavy atom. The Bertz CT molecular complexity index is 9190. The van der Waals surface area contributed by atoms with Crippen molar-refractivity contribution in [3.8, 4) is 16.9 Å². The second-order valence-corrected chi connectivity index (χ2v) is 41.9. The number of ether oxygens (including phenoxy) is 1. The fourth-order valence-electron chi connectivity index (χ4n) is 19.1. The Kier molecular flexibility index (Phi) is 32.7. The lowest BCUT2D eigenvalue weighted by Crippen LogP contribution is -2.27. The number of nitrogens with zero attached hydrogens (tertiary/aromatic N) is 6. The summed E-state index contributed by atoms with van der Waals surface area (Å²) in [7, 11) is 1.44. The van der Waals surface area contributed by atoms with Gasteiger partial charge in [0.15, 0.2) is 38.3 Å². The summed E-state index contributed by atoms with van der Waals surface area (Å²) in [6, 6.07) is 64.8. The van der Waals surface area contributed by atoms with Gasteiger partial charge in [-0.15, -0.1) is 0 Å². The highest BCUT2D eigenvalue weighted by Crippen LogP contribution is 2.43. The normalized spacial score (nSPS) is 12.7. The number of aromatic nitrogens is 6. The molecule has 0 aliphatic heterocycles. The number of fused-ring (bicyclic) bond motifs is 12. The summed E-state index contributed by atoms with van der Waals surface area (Å²) >= 11 is 50.7. The third kappa shape index (κ3) is 21.7. The Morgan fingerprint density at radius 1 is 0.345 bits per heavy atom. The number of carboxylic acids is 6. The molecule has 0 radical (unpaired) electrons. The molecule has 7 N–H and O–H groups in total. The molecular formula is C111H86Br4Cl6FN7O19. The van der Waals surface area contributed by atoms with E-state index in [9.17, 15) is 87.5 Å². The Morgan fingerprint density at radius 2 is 0.703 bits per heavy atom. The summed E-state index contributed by atoms with van der Waals surface area (Å²) in [5.74, 6) is -5.98. The zero-order valence-electron chi connectivity index (χ0n) is 78.7. The highest BCUT2D eigenvalue weighted by Gasteiger charge is 2.29. The van der Waals surface area contributed by atoms with Gasteiger partial charge in [-0.3, -0.25) is 57.5 Å². The molecule has 0 spiro atoms. The molecule has 19 aromatic rings. The summed E-state index contributed by atoms with van der Waals surface area (Å²) in [5, 5.41) is 66.9. The summed E-state index contributed by atoms with van der Waals surface area (Å²) < 4.78 is 30.2.